The zero-order chi connectivity index (χ0) is 20.9. The number of nitrogens with zero attached hydrogens (tertiary/aromatic N) is 4. The highest BCUT2D eigenvalue weighted by molar-refractivity contribution is 5.80. The third kappa shape index (κ3) is 4.44. The smallest absolute Gasteiger partial charge is 0.227 e. The van der Waals surface area contributed by atoms with Crippen LogP contribution < -0.4 is 0 Å². The summed E-state index contributed by atoms with van der Waals surface area (Å²) in [7, 11) is 0. The molecule has 0 saturated carbocycles. The summed E-state index contributed by atoms with van der Waals surface area (Å²) in [5.41, 5.74) is 5.59. The molecule has 1 aromatic carbocycles. The number of rotatable bonds is 6. The third-order valence-corrected chi connectivity index (χ3v) is 5.97. The molecule has 0 aliphatic carbocycles. The second-order valence-corrected chi connectivity index (χ2v) is 7.93. The van der Waals surface area contributed by atoms with E-state index in [4.69, 9.17) is 0 Å². The first-order valence-corrected chi connectivity index (χ1v) is 10.6. The number of aromatic amines is 1. The minimum atomic E-state index is -0.0791. The molecular weight excluding hydrogens is 374 g/mol. The van der Waals surface area contributed by atoms with E-state index in [0.29, 0.717) is 0 Å². The molecule has 1 amide bonds. The predicted molar refractivity (Wildman–Crippen MR) is 118 cm³/mol. The highest BCUT2D eigenvalue weighted by Crippen LogP contribution is 2.27. The normalized spacial score (nSPS) is 17.9. The van der Waals surface area contributed by atoms with Crippen molar-refractivity contribution in [2.75, 3.05) is 26.2 Å². The zero-order valence-electron chi connectivity index (χ0n) is 17.7. The number of H-pyrrole nitrogens is 1. The number of aryl methyl sites for hydroxylation is 1. The summed E-state index contributed by atoms with van der Waals surface area (Å²) >= 11 is 0. The molecule has 1 unspecified atom stereocenters. The van der Waals surface area contributed by atoms with Gasteiger partial charge in [0.2, 0.25) is 5.91 Å². The summed E-state index contributed by atoms with van der Waals surface area (Å²) in [5, 5.41) is 0. The van der Waals surface area contributed by atoms with E-state index in [1.165, 1.54) is 5.56 Å². The monoisotopic (exact) mass is 403 g/mol. The van der Waals surface area contributed by atoms with Gasteiger partial charge >= 0.3 is 0 Å². The Kier molecular flexibility index (Phi) is 6.23. The van der Waals surface area contributed by atoms with Crippen LogP contribution in [0.15, 0.2) is 55.1 Å². The van der Waals surface area contributed by atoms with Crippen molar-refractivity contribution >= 4 is 5.91 Å². The number of pyridine rings is 1. The van der Waals surface area contributed by atoms with Crippen LogP contribution in [-0.4, -0.2) is 56.8 Å². The summed E-state index contributed by atoms with van der Waals surface area (Å²) in [6, 6.07) is 12.4. The van der Waals surface area contributed by atoms with Crippen molar-refractivity contribution < 1.29 is 4.79 Å². The molecule has 1 N–H and O–H groups in total. The molecule has 0 bridgehead atoms. The summed E-state index contributed by atoms with van der Waals surface area (Å²) in [6.07, 6.45) is 6.14. The lowest BCUT2D eigenvalue weighted by molar-refractivity contribution is -0.134. The predicted octanol–water partition coefficient (Wildman–Crippen LogP) is 3.30. The van der Waals surface area contributed by atoms with Crippen molar-refractivity contribution in [3.05, 3.63) is 72.1 Å². The van der Waals surface area contributed by atoms with Crippen molar-refractivity contribution in [2.45, 2.75) is 26.8 Å². The molecule has 3 heterocycles. The first-order chi connectivity index (χ1) is 14.7. The van der Waals surface area contributed by atoms with Gasteiger partial charge in [-0.05, 0) is 37.5 Å². The summed E-state index contributed by atoms with van der Waals surface area (Å²) in [5.74, 6) is 0.171. The van der Waals surface area contributed by atoms with Gasteiger partial charge in [-0.1, -0.05) is 30.3 Å². The van der Waals surface area contributed by atoms with Crippen LogP contribution in [0, 0.1) is 12.8 Å². The number of benzene rings is 1. The van der Waals surface area contributed by atoms with Crippen LogP contribution in [0.3, 0.4) is 0 Å². The van der Waals surface area contributed by atoms with Crippen molar-refractivity contribution in [3.63, 3.8) is 0 Å². The Morgan fingerprint density at radius 2 is 2.03 bits per heavy atom. The molecule has 156 valence electrons. The minimum Gasteiger partial charge on any atom is -0.348 e. The fourth-order valence-electron chi connectivity index (χ4n) is 4.25. The Hall–Kier alpha value is -2.99. The van der Waals surface area contributed by atoms with Crippen molar-refractivity contribution in [1.29, 1.82) is 0 Å². The standard InChI is InChI=1S/C24H29N5O/c1-3-29-12-11-28(16-23-18(2)26-17-27-23)15-21(24(29)30)13-19-7-4-5-9-22(19)20-8-6-10-25-14-20/h4-10,14,17,21H,3,11-13,15-16H2,1-2H3,(H,26,27). The van der Waals surface area contributed by atoms with Gasteiger partial charge in [0.05, 0.1) is 17.9 Å². The Morgan fingerprint density at radius 1 is 1.17 bits per heavy atom. The molecule has 30 heavy (non-hydrogen) atoms. The average Bonchev–Trinajstić information content (AvgIpc) is 3.11. The van der Waals surface area contributed by atoms with Crippen LogP contribution in [0.1, 0.15) is 23.9 Å². The van der Waals surface area contributed by atoms with Gasteiger partial charge in [-0.2, -0.15) is 0 Å². The van der Waals surface area contributed by atoms with Gasteiger partial charge in [-0.25, -0.2) is 4.98 Å². The highest BCUT2D eigenvalue weighted by Gasteiger charge is 2.30. The largest absolute Gasteiger partial charge is 0.348 e. The van der Waals surface area contributed by atoms with E-state index < -0.39 is 0 Å². The molecule has 0 spiro atoms. The zero-order valence-corrected chi connectivity index (χ0v) is 17.7. The van der Waals surface area contributed by atoms with Gasteiger partial charge < -0.3 is 9.88 Å². The maximum atomic E-state index is 13.3. The Bertz CT molecular complexity index is 984. The molecule has 0 radical (unpaired) electrons. The van der Waals surface area contributed by atoms with Crippen LogP contribution in [0.25, 0.3) is 11.1 Å². The topological polar surface area (TPSA) is 65.1 Å². The Balaban J connectivity index is 1.59. The average molecular weight is 404 g/mol. The lowest BCUT2D eigenvalue weighted by Gasteiger charge is -2.24. The van der Waals surface area contributed by atoms with E-state index in [9.17, 15) is 4.79 Å². The summed E-state index contributed by atoms with van der Waals surface area (Å²) < 4.78 is 0. The summed E-state index contributed by atoms with van der Waals surface area (Å²) in [4.78, 5) is 29.6. The second kappa shape index (κ2) is 9.22. The van der Waals surface area contributed by atoms with E-state index in [-0.39, 0.29) is 11.8 Å². The number of imidazole rings is 1. The highest BCUT2D eigenvalue weighted by atomic mass is 16.2. The number of carbonyl (C=O) groups excluding carboxylic acids is 1. The maximum Gasteiger partial charge on any atom is 0.227 e. The molecule has 1 aliphatic rings. The van der Waals surface area contributed by atoms with Gasteiger partial charge in [0.15, 0.2) is 0 Å². The number of nitrogens with one attached hydrogen (secondary N) is 1. The SMILES string of the molecule is CCN1CCN(Cc2nc[nH]c2C)CC(Cc2ccccc2-c2cccnc2)C1=O. The molecule has 6 nitrogen and oxygen atoms in total. The van der Waals surface area contributed by atoms with Gasteiger partial charge in [-0.3, -0.25) is 14.7 Å². The number of amides is 1. The lowest BCUT2D eigenvalue weighted by Crippen LogP contribution is -2.37. The van der Waals surface area contributed by atoms with Crippen LogP contribution in [-0.2, 0) is 17.8 Å². The van der Waals surface area contributed by atoms with Crippen molar-refractivity contribution in [1.82, 2.24) is 24.8 Å². The van der Waals surface area contributed by atoms with Crippen LogP contribution in [0.5, 0.6) is 0 Å². The molecule has 1 fully saturated rings. The van der Waals surface area contributed by atoms with E-state index in [1.54, 1.807) is 12.5 Å². The minimum absolute atomic E-state index is 0.0791. The lowest BCUT2D eigenvalue weighted by atomic mass is 9.91. The fraction of sp³-hybridized carbons (Fsp3) is 0.375. The van der Waals surface area contributed by atoms with Gasteiger partial charge in [-0.15, -0.1) is 0 Å². The van der Waals surface area contributed by atoms with Gasteiger partial charge in [0.25, 0.3) is 0 Å². The quantitative estimate of drug-likeness (QED) is 0.686. The molecular formula is C24H29N5O. The van der Waals surface area contributed by atoms with Crippen molar-refractivity contribution in [3.8, 4) is 11.1 Å². The number of hydrogen-bond acceptors (Lipinski definition) is 4. The molecule has 1 aliphatic heterocycles. The number of hydrogen-bond donors (Lipinski definition) is 1. The van der Waals surface area contributed by atoms with Crippen LogP contribution in [0.4, 0.5) is 0 Å². The molecule has 4 rings (SSSR count). The van der Waals surface area contributed by atoms with Gasteiger partial charge in [0.1, 0.15) is 0 Å². The molecule has 1 saturated heterocycles. The Labute approximate surface area is 178 Å². The number of likely N-dealkylation sites (N-methyl/N-ethyl adjacent to an activating group) is 1. The van der Waals surface area contributed by atoms with Crippen LogP contribution in [0.2, 0.25) is 0 Å². The maximum absolute atomic E-state index is 13.3. The second-order valence-electron chi connectivity index (χ2n) is 7.93. The third-order valence-electron chi connectivity index (χ3n) is 5.97. The molecule has 2 aromatic heterocycles. The fourth-order valence-corrected chi connectivity index (χ4v) is 4.25. The van der Waals surface area contributed by atoms with Gasteiger partial charge in [0, 0.05) is 56.4 Å². The first-order valence-electron chi connectivity index (χ1n) is 10.6. The first kappa shape index (κ1) is 20.3. The van der Waals surface area contributed by atoms with E-state index in [2.05, 4.69) is 51.0 Å². The molecule has 1 atom stereocenters. The van der Waals surface area contributed by atoms with Crippen LogP contribution >= 0.6 is 0 Å². The number of aromatic nitrogens is 3. The van der Waals surface area contributed by atoms with E-state index in [1.807, 2.05) is 30.2 Å². The number of carbonyl (C=O) groups is 1. The van der Waals surface area contributed by atoms with E-state index >= 15 is 0 Å². The summed E-state index contributed by atoms with van der Waals surface area (Å²) in [6.45, 7) is 7.99. The van der Waals surface area contributed by atoms with E-state index in [0.717, 1.165) is 61.7 Å². The molecule has 3 aromatic rings. The van der Waals surface area contributed by atoms with Crippen molar-refractivity contribution in [2.24, 2.45) is 5.92 Å². The molecule has 6 heteroatoms. The Morgan fingerprint density at radius 3 is 2.77 bits per heavy atom.